The Hall–Kier alpha value is -3.36. The van der Waals surface area contributed by atoms with Gasteiger partial charge in [-0.1, -0.05) is 30.3 Å². The summed E-state index contributed by atoms with van der Waals surface area (Å²) >= 11 is 0. The van der Waals surface area contributed by atoms with Crippen molar-refractivity contribution in [1.29, 1.82) is 0 Å². The fourth-order valence-electron chi connectivity index (χ4n) is 5.17. The molecule has 5 rings (SSSR count). The van der Waals surface area contributed by atoms with Crippen LogP contribution in [-0.2, 0) is 29.1 Å². The summed E-state index contributed by atoms with van der Waals surface area (Å²) in [6.45, 7) is 0.940. The van der Waals surface area contributed by atoms with Gasteiger partial charge in [0.05, 0.1) is 11.1 Å². The Morgan fingerprint density at radius 1 is 1.03 bits per heavy atom. The first-order chi connectivity index (χ1) is 16.0. The lowest BCUT2D eigenvalue weighted by Crippen LogP contribution is -2.54. The minimum atomic E-state index is -0.960. The zero-order chi connectivity index (χ0) is 23.1. The Morgan fingerprint density at radius 2 is 1.88 bits per heavy atom. The first kappa shape index (κ1) is 21.5. The molecule has 0 spiro atoms. The molecule has 1 fully saturated rings. The number of aryl methyl sites for hydroxylation is 1. The third-order valence-corrected chi connectivity index (χ3v) is 6.85. The number of nitrogens with one attached hydrogen (secondary N) is 2. The average molecular weight is 447 g/mol. The van der Waals surface area contributed by atoms with Crippen LogP contribution in [0.1, 0.15) is 74.7 Å². The Bertz CT molecular complexity index is 1170. The fourth-order valence-corrected chi connectivity index (χ4v) is 5.17. The molecule has 0 radical (unpaired) electrons. The molecule has 2 aromatic rings. The number of nitrogens with two attached hydrogens (primary N) is 1. The summed E-state index contributed by atoms with van der Waals surface area (Å²) < 4.78 is 0. The molecule has 170 valence electrons. The second-order valence-electron chi connectivity index (χ2n) is 8.85. The molecule has 4 amide bonds. The van der Waals surface area contributed by atoms with Gasteiger partial charge in [-0.15, -0.1) is 0 Å². The average Bonchev–Trinajstić information content (AvgIpc) is 3.08. The molecule has 8 heteroatoms. The monoisotopic (exact) mass is 446 g/mol. The predicted octanol–water partition coefficient (Wildman–Crippen LogP) is 1.71. The van der Waals surface area contributed by atoms with Crippen LogP contribution >= 0.6 is 0 Å². The van der Waals surface area contributed by atoms with Gasteiger partial charge in [0, 0.05) is 25.6 Å². The van der Waals surface area contributed by atoms with Gasteiger partial charge in [0.1, 0.15) is 6.04 Å². The number of fused-ring (bicyclic) bond motifs is 2. The number of amides is 4. The molecule has 2 unspecified atom stereocenters. The zero-order valence-corrected chi connectivity index (χ0v) is 18.2. The molecule has 2 aliphatic heterocycles. The number of nitrogens with zero attached hydrogens (tertiary/aromatic N) is 1. The smallest absolute Gasteiger partial charge is 0.262 e. The Labute approximate surface area is 191 Å². The molecule has 0 saturated carbocycles. The molecule has 8 nitrogen and oxygen atoms in total. The van der Waals surface area contributed by atoms with Crippen LogP contribution in [0.3, 0.4) is 0 Å². The van der Waals surface area contributed by atoms with E-state index in [1.165, 1.54) is 11.1 Å². The Balaban J connectivity index is 1.38. The summed E-state index contributed by atoms with van der Waals surface area (Å²) in [6, 6.07) is 10.8. The van der Waals surface area contributed by atoms with Gasteiger partial charge < -0.3 is 11.1 Å². The zero-order valence-electron chi connectivity index (χ0n) is 18.2. The van der Waals surface area contributed by atoms with Gasteiger partial charge in [0.2, 0.25) is 11.8 Å². The highest BCUT2D eigenvalue weighted by Crippen LogP contribution is 2.33. The third kappa shape index (κ3) is 3.75. The van der Waals surface area contributed by atoms with Crippen LogP contribution in [0.5, 0.6) is 0 Å². The summed E-state index contributed by atoms with van der Waals surface area (Å²) in [4.78, 5) is 51.1. The first-order valence-corrected chi connectivity index (χ1v) is 11.4. The topological polar surface area (TPSA) is 122 Å². The number of benzene rings is 2. The van der Waals surface area contributed by atoms with Gasteiger partial charge in [0.25, 0.3) is 11.8 Å². The highest BCUT2D eigenvalue weighted by Gasteiger charge is 2.45. The maximum absolute atomic E-state index is 13.3. The Morgan fingerprint density at radius 3 is 2.67 bits per heavy atom. The van der Waals surface area contributed by atoms with Crippen molar-refractivity contribution in [2.75, 3.05) is 0 Å². The van der Waals surface area contributed by atoms with Crippen LogP contribution in [0.25, 0.3) is 0 Å². The quantitative estimate of drug-likeness (QED) is 0.601. The van der Waals surface area contributed by atoms with Crippen LogP contribution in [0.4, 0.5) is 0 Å². The van der Waals surface area contributed by atoms with Gasteiger partial charge in [0.15, 0.2) is 0 Å². The molecule has 4 N–H and O–H groups in total. The molecule has 1 saturated heterocycles. The van der Waals surface area contributed by atoms with Crippen molar-refractivity contribution >= 4 is 23.6 Å². The summed E-state index contributed by atoms with van der Waals surface area (Å²) in [5.41, 5.74) is 10.8. The second-order valence-corrected chi connectivity index (χ2v) is 8.85. The molecule has 0 bridgehead atoms. The molecule has 33 heavy (non-hydrogen) atoms. The molecular weight excluding hydrogens is 420 g/mol. The predicted molar refractivity (Wildman–Crippen MR) is 120 cm³/mol. The van der Waals surface area contributed by atoms with E-state index in [1.807, 2.05) is 6.07 Å². The molecule has 0 aromatic heterocycles. The van der Waals surface area contributed by atoms with Gasteiger partial charge in [-0.3, -0.25) is 29.4 Å². The van der Waals surface area contributed by atoms with Crippen LogP contribution in [0.2, 0.25) is 0 Å². The summed E-state index contributed by atoms with van der Waals surface area (Å²) in [5, 5.41) is 5.80. The van der Waals surface area contributed by atoms with Gasteiger partial charge in [-0.25, -0.2) is 0 Å². The first-order valence-electron chi connectivity index (χ1n) is 11.4. The SMILES string of the molecule is NCc1ccc2c(c1)CCCC2NCc1cccc2c1C(=O)N(C1CCC(=O)NC1=O)C2=O. The van der Waals surface area contributed by atoms with Gasteiger partial charge in [-0.05, 0) is 54.0 Å². The third-order valence-electron chi connectivity index (χ3n) is 6.85. The number of carbonyl (C=O) groups excluding carboxylic acids is 4. The largest absolute Gasteiger partial charge is 0.326 e. The summed E-state index contributed by atoms with van der Waals surface area (Å²) in [5.74, 6) is -1.94. The van der Waals surface area contributed by atoms with E-state index in [9.17, 15) is 19.2 Å². The standard InChI is InChI=1S/C25H26N4O4/c26-12-14-7-8-17-15(11-14)3-2-6-19(17)27-13-16-4-1-5-18-22(16)25(33)29(24(18)32)20-9-10-21(30)28-23(20)31/h1,4-5,7-8,11,19-20,27H,2-3,6,9-10,12-13,26H2,(H,28,30,31). The van der Waals surface area contributed by atoms with E-state index in [1.54, 1.807) is 12.1 Å². The van der Waals surface area contributed by atoms with Crippen molar-refractivity contribution in [2.45, 2.75) is 57.3 Å². The maximum atomic E-state index is 13.3. The highest BCUT2D eigenvalue weighted by molar-refractivity contribution is 6.24. The second kappa shape index (κ2) is 8.53. The normalized spacial score (nSPS) is 22.3. The molecular formula is C25H26N4O4. The number of imide groups is 2. The fraction of sp³-hybridized carbons (Fsp3) is 0.360. The minimum absolute atomic E-state index is 0.102. The van der Waals surface area contributed by atoms with E-state index in [2.05, 4.69) is 28.8 Å². The Kier molecular flexibility index (Phi) is 5.55. The van der Waals surface area contributed by atoms with Crippen molar-refractivity contribution in [3.05, 3.63) is 69.8 Å². The lowest BCUT2D eigenvalue weighted by atomic mass is 9.86. The number of hydrogen-bond donors (Lipinski definition) is 3. The highest BCUT2D eigenvalue weighted by atomic mass is 16.2. The van der Waals surface area contributed by atoms with Crippen LogP contribution in [-0.4, -0.2) is 34.6 Å². The van der Waals surface area contributed by atoms with E-state index >= 15 is 0 Å². The van der Waals surface area contributed by atoms with E-state index in [-0.39, 0.29) is 24.8 Å². The van der Waals surface area contributed by atoms with Crippen molar-refractivity contribution in [3.8, 4) is 0 Å². The van der Waals surface area contributed by atoms with E-state index < -0.39 is 23.8 Å². The van der Waals surface area contributed by atoms with Crippen molar-refractivity contribution in [2.24, 2.45) is 5.73 Å². The number of carbonyl (C=O) groups is 4. The minimum Gasteiger partial charge on any atom is -0.326 e. The van der Waals surface area contributed by atoms with Crippen molar-refractivity contribution in [3.63, 3.8) is 0 Å². The molecule has 2 heterocycles. The number of piperidine rings is 1. The van der Waals surface area contributed by atoms with Crippen LogP contribution in [0, 0.1) is 0 Å². The van der Waals surface area contributed by atoms with E-state index in [0.29, 0.717) is 24.2 Å². The summed E-state index contributed by atoms with van der Waals surface area (Å²) in [7, 11) is 0. The van der Waals surface area contributed by atoms with Crippen LogP contribution < -0.4 is 16.4 Å². The maximum Gasteiger partial charge on any atom is 0.262 e. The van der Waals surface area contributed by atoms with Crippen molar-refractivity contribution < 1.29 is 19.2 Å². The molecule has 2 atom stereocenters. The lowest BCUT2D eigenvalue weighted by molar-refractivity contribution is -0.136. The lowest BCUT2D eigenvalue weighted by Gasteiger charge is -2.28. The van der Waals surface area contributed by atoms with Crippen LogP contribution in [0.15, 0.2) is 36.4 Å². The molecule has 2 aromatic carbocycles. The van der Waals surface area contributed by atoms with Gasteiger partial charge >= 0.3 is 0 Å². The number of rotatable bonds is 5. The van der Waals surface area contributed by atoms with Gasteiger partial charge in [-0.2, -0.15) is 0 Å². The van der Waals surface area contributed by atoms with E-state index in [0.717, 1.165) is 35.3 Å². The van der Waals surface area contributed by atoms with Crippen molar-refractivity contribution in [1.82, 2.24) is 15.5 Å². The summed E-state index contributed by atoms with van der Waals surface area (Å²) in [6.07, 6.45) is 3.32. The molecule has 3 aliphatic rings. The number of hydrogen-bond acceptors (Lipinski definition) is 6. The van der Waals surface area contributed by atoms with E-state index in [4.69, 9.17) is 5.73 Å². The molecule has 1 aliphatic carbocycles.